The maximum absolute atomic E-state index is 5.44. The van der Waals surface area contributed by atoms with Gasteiger partial charge in [-0.05, 0) is 13.3 Å². The molecule has 0 aliphatic rings. The van der Waals surface area contributed by atoms with E-state index < -0.39 is 0 Å². The fourth-order valence-electron chi connectivity index (χ4n) is 1.25. The summed E-state index contributed by atoms with van der Waals surface area (Å²) in [6.07, 6.45) is 0.892. The highest BCUT2D eigenvalue weighted by atomic mass is 16.5. The lowest BCUT2D eigenvalue weighted by Gasteiger charge is -2.23. The van der Waals surface area contributed by atoms with Crippen molar-refractivity contribution in [3.8, 4) is 0 Å². The number of nitrogens with one attached hydrogen (secondary N) is 1. The average Bonchev–Trinajstić information content (AvgIpc) is 2.32. The zero-order chi connectivity index (χ0) is 12.2. The minimum atomic E-state index is 0.659. The first kappa shape index (κ1) is 15.2. The summed E-state index contributed by atoms with van der Waals surface area (Å²) < 4.78 is 9.98. The Morgan fingerprint density at radius 1 is 1.31 bits per heavy atom. The number of hydrogen-bond donors (Lipinski definition) is 2. The van der Waals surface area contributed by atoms with Crippen LogP contribution in [0, 0.1) is 0 Å². The molecule has 0 aromatic heterocycles. The van der Waals surface area contributed by atoms with Crippen LogP contribution in [-0.4, -0.2) is 57.9 Å². The number of ether oxygens (including phenoxy) is 2. The topological polar surface area (TPSA) is 72.1 Å². The van der Waals surface area contributed by atoms with Crippen molar-refractivity contribution in [2.45, 2.75) is 13.3 Å². The molecule has 0 unspecified atom stereocenters. The van der Waals surface area contributed by atoms with Crippen LogP contribution in [0.15, 0.2) is 4.99 Å². The van der Waals surface area contributed by atoms with Crippen molar-refractivity contribution in [2.24, 2.45) is 10.8 Å². The summed E-state index contributed by atoms with van der Waals surface area (Å²) in [5.41, 5.74) is 2.62. The molecular formula is C10H24N4O2. The molecule has 0 aromatic carbocycles. The van der Waals surface area contributed by atoms with Crippen molar-refractivity contribution in [3.63, 3.8) is 0 Å². The van der Waals surface area contributed by atoms with Crippen LogP contribution in [0.1, 0.15) is 13.3 Å². The van der Waals surface area contributed by atoms with Crippen LogP contribution in [0.5, 0.6) is 0 Å². The molecule has 16 heavy (non-hydrogen) atoms. The van der Waals surface area contributed by atoms with Gasteiger partial charge in [0.15, 0.2) is 0 Å². The standard InChI is InChI=1S/C10H24N4O2/c1-4-14(7-9-16-3)10(13-11)12-6-5-8-15-2/h4-9,11H2,1-3H3,(H,12,13). The molecule has 0 aromatic rings. The summed E-state index contributed by atoms with van der Waals surface area (Å²) in [6.45, 7) is 5.75. The predicted octanol–water partition coefficient (Wildman–Crippen LogP) is -0.189. The molecule has 0 aliphatic carbocycles. The number of aliphatic imine (C=N–C) groups is 1. The van der Waals surface area contributed by atoms with Crippen LogP contribution in [0.3, 0.4) is 0 Å². The van der Waals surface area contributed by atoms with Gasteiger partial charge in [-0.2, -0.15) is 0 Å². The maximum atomic E-state index is 5.44. The van der Waals surface area contributed by atoms with Crippen molar-refractivity contribution in [1.82, 2.24) is 10.3 Å². The van der Waals surface area contributed by atoms with Gasteiger partial charge < -0.3 is 14.4 Å². The number of hydrazine groups is 1. The van der Waals surface area contributed by atoms with Crippen LogP contribution < -0.4 is 11.3 Å². The third kappa shape index (κ3) is 6.60. The smallest absolute Gasteiger partial charge is 0.208 e. The average molecular weight is 232 g/mol. The van der Waals surface area contributed by atoms with E-state index in [0.29, 0.717) is 25.7 Å². The molecule has 0 saturated carbocycles. The summed E-state index contributed by atoms with van der Waals surface area (Å²) in [5.74, 6) is 6.15. The van der Waals surface area contributed by atoms with Gasteiger partial charge in [-0.25, -0.2) is 5.84 Å². The lowest BCUT2D eigenvalue weighted by molar-refractivity contribution is 0.176. The number of nitrogens with zero attached hydrogens (tertiary/aromatic N) is 2. The fourth-order valence-corrected chi connectivity index (χ4v) is 1.25. The molecule has 0 heterocycles. The minimum Gasteiger partial charge on any atom is -0.385 e. The quantitative estimate of drug-likeness (QED) is 0.199. The fraction of sp³-hybridized carbons (Fsp3) is 0.900. The van der Waals surface area contributed by atoms with Gasteiger partial charge in [-0.3, -0.25) is 10.4 Å². The van der Waals surface area contributed by atoms with E-state index in [1.807, 2.05) is 4.90 Å². The van der Waals surface area contributed by atoms with E-state index in [4.69, 9.17) is 15.3 Å². The molecule has 0 atom stereocenters. The molecule has 0 spiro atoms. The van der Waals surface area contributed by atoms with E-state index in [0.717, 1.165) is 19.5 Å². The summed E-state index contributed by atoms with van der Waals surface area (Å²) in [4.78, 5) is 6.41. The van der Waals surface area contributed by atoms with E-state index in [1.54, 1.807) is 14.2 Å². The van der Waals surface area contributed by atoms with Crippen LogP contribution in [0.4, 0.5) is 0 Å². The number of guanidine groups is 1. The van der Waals surface area contributed by atoms with Gasteiger partial charge in [0.25, 0.3) is 0 Å². The van der Waals surface area contributed by atoms with Gasteiger partial charge in [0.2, 0.25) is 5.96 Å². The largest absolute Gasteiger partial charge is 0.385 e. The van der Waals surface area contributed by atoms with Crippen molar-refractivity contribution in [2.75, 3.05) is 47.1 Å². The Morgan fingerprint density at radius 3 is 2.50 bits per heavy atom. The van der Waals surface area contributed by atoms with Gasteiger partial charge in [-0.1, -0.05) is 0 Å². The molecule has 6 nitrogen and oxygen atoms in total. The van der Waals surface area contributed by atoms with E-state index in [9.17, 15) is 0 Å². The molecule has 6 heteroatoms. The predicted molar refractivity (Wildman–Crippen MR) is 65.2 cm³/mol. The van der Waals surface area contributed by atoms with Crippen molar-refractivity contribution >= 4 is 5.96 Å². The molecule has 0 rings (SSSR count). The van der Waals surface area contributed by atoms with Gasteiger partial charge in [0, 0.05) is 40.5 Å². The Kier molecular flexibility index (Phi) is 10.1. The van der Waals surface area contributed by atoms with Crippen LogP contribution in [0.25, 0.3) is 0 Å². The second-order valence-electron chi connectivity index (χ2n) is 3.27. The maximum Gasteiger partial charge on any atom is 0.208 e. The normalized spacial score (nSPS) is 11.6. The summed E-state index contributed by atoms with van der Waals surface area (Å²) in [5, 5.41) is 0. The third-order valence-electron chi connectivity index (χ3n) is 2.14. The van der Waals surface area contributed by atoms with E-state index in [1.165, 1.54) is 0 Å². The number of likely N-dealkylation sites (N-methyl/N-ethyl adjacent to an activating group) is 1. The van der Waals surface area contributed by atoms with E-state index >= 15 is 0 Å². The SMILES string of the molecule is CCN(CCOC)C(=NCCCOC)NN. The van der Waals surface area contributed by atoms with E-state index in [2.05, 4.69) is 17.3 Å². The van der Waals surface area contributed by atoms with Crippen molar-refractivity contribution < 1.29 is 9.47 Å². The lowest BCUT2D eigenvalue weighted by Crippen LogP contribution is -2.46. The van der Waals surface area contributed by atoms with E-state index in [-0.39, 0.29) is 0 Å². The third-order valence-corrected chi connectivity index (χ3v) is 2.14. The Morgan fingerprint density at radius 2 is 2.00 bits per heavy atom. The highest BCUT2D eigenvalue weighted by molar-refractivity contribution is 5.79. The Balaban J connectivity index is 4.08. The second-order valence-corrected chi connectivity index (χ2v) is 3.27. The molecule has 96 valence electrons. The molecule has 3 N–H and O–H groups in total. The summed E-state index contributed by atoms with van der Waals surface area (Å²) in [6, 6.07) is 0. The van der Waals surface area contributed by atoms with Crippen LogP contribution in [0.2, 0.25) is 0 Å². The molecule has 0 fully saturated rings. The number of methoxy groups -OCH3 is 2. The zero-order valence-electron chi connectivity index (χ0n) is 10.5. The van der Waals surface area contributed by atoms with Gasteiger partial charge in [-0.15, -0.1) is 0 Å². The molecule has 0 radical (unpaired) electrons. The first-order valence-electron chi connectivity index (χ1n) is 5.54. The van der Waals surface area contributed by atoms with Crippen LogP contribution in [-0.2, 0) is 9.47 Å². The second kappa shape index (κ2) is 10.7. The lowest BCUT2D eigenvalue weighted by atomic mass is 10.4. The zero-order valence-corrected chi connectivity index (χ0v) is 10.5. The number of rotatable bonds is 8. The highest BCUT2D eigenvalue weighted by Crippen LogP contribution is 1.91. The molecule has 0 bridgehead atoms. The van der Waals surface area contributed by atoms with Gasteiger partial charge in [0.1, 0.15) is 0 Å². The number of hydrogen-bond acceptors (Lipinski definition) is 4. The van der Waals surface area contributed by atoms with Crippen LogP contribution >= 0.6 is 0 Å². The molecule has 0 saturated heterocycles. The van der Waals surface area contributed by atoms with Gasteiger partial charge in [0.05, 0.1) is 6.61 Å². The summed E-state index contributed by atoms with van der Waals surface area (Å²) in [7, 11) is 3.36. The first-order valence-corrected chi connectivity index (χ1v) is 5.54. The Bertz CT molecular complexity index is 188. The summed E-state index contributed by atoms with van der Waals surface area (Å²) >= 11 is 0. The molecule has 0 amide bonds. The molecule has 0 aliphatic heterocycles. The first-order chi connectivity index (χ1) is 7.79. The monoisotopic (exact) mass is 232 g/mol. The van der Waals surface area contributed by atoms with Crippen molar-refractivity contribution in [1.29, 1.82) is 0 Å². The van der Waals surface area contributed by atoms with Gasteiger partial charge >= 0.3 is 0 Å². The Labute approximate surface area is 97.8 Å². The minimum absolute atomic E-state index is 0.659. The van der Waals surface area contributed by atoms with Crippen molar-refractivity contribution in [3.05, 3.63) is 0 Å². The molecular weight excluding hydrogens is 208 g/mol. The number of nitrogens with two attached hydrogens (primary N) is 1. The highest BCUT2D eigenvalue weighted by Gasteiger charge is 2.06. The Hall–Kier alpha value is -0.850.